The molecule has 0 aliphatic heterocycles. The summed E-state index contributed by atoms with van der Waals surface area (Å²) in [7, 11) is -2.88. The van der Waals surface area contributed by atoms with Gasteiger partial charge in [0.25, 0.3) is 0 Å². The van der Waals surface area contributed by atoms with Gasteiger partial charge in [-0.05, 0) is 12.1 Å². The van der Waals surface area contributed by atoms with E-state index in [1.807, 2.05) is 0 Å². The van der Waals surface area contributed by atoms with Crippen molar-refractivity contribution in [3.63, 3.8) is 0 Å². The van der Waals surface area contributed by atoms with Gasteiger partial charge in [0.15, 0.2) is 8.77 Å². The standard InChI is InChI=1S/C9H10O3S2/c1-2-14(11,13)12-9(10)8-6-4-3-5-7-8/h3-7H,2H2,1H3. The predicted octanol–water partition coefficient (Wildman–Crippen LogP) is 1.52. The molecule has 0 radical (unpaired) electrons. The van der Waals surface area contributed by atoms with Crippen LogP contribution in [0, 0.1) is 0 Å². The molecule has 0 spiro atoms. The summed E-state index contributed by atoms with van der Waals surface area (Å²) in [6.45, 7) is 1.62. The van der Waals surface area contributed by atoms with E-state index in [1.54, 1.807) is 37.3 Å². The maximum absolute atomic E-state index is 11.4. The molecule has 0 N–H and O–H groups in total. The van der Waals surface area contributed by atoms with Gasteiger partial charge in [-0.25, -0.2) is 9.00 Å². The van der Waals surface area contributed by atoms with E-state index in [-0.39, 0.29) is 5.75 Å². The zero-order chi connectivity index (χ0) is 10.6. The van der Waals surface area contributed by atoms with Crippen LogP contribution in [0.3, 0.4) is 0 Å². The summed E-state index contributed by atoms with van der Waals surface area (Å²) in [4.78, 5) is 11.4. The first-order chi connectivity index (χ1) is 6.55. The second kappa shape index (κ2) is 4.52. The van der Waals surface area contributed by atoms with Crippen molar-refractivity contribution in [1.82, 2.24) is 0 Å². The lowest BCUT2D eigenvalue weighted by Gasteiger charge is -2.04. The van der Waals surface area contributed by atoms with Gasteiger partial charge in [0.1, 0.15) is 0 Å². The Bertz CT molecular complexity index is 409. The summed E-state index contributed by atoms with van der Waals surface area (Å²) < 4.78 is 16.0. The van der Waals surface area contributed by atoms with Crippen LogP contribution in [-0.2, 0) is 24.1 Å². The average molecular weight is 230 g/mol. The minimum Gasteiger partial charge on any atom is -0.360 e. The van der Waals surface area contributed by atoms with Crippen molar-refractivity contribution in [3.05, 3.63) is 35.9 Å². The Morgan fingerprint density at radius 1 is 1.43 bits per heavy atom. The third-order valence-electron chi connectivity index (χ3n) is 1.57. The molecule has 0 aromatic heterocycles. The molecule has 0 bridgehead atoms. The largest absolute Gasteiger partial charge is 0.360 e. The molecule has 0 heterocycles. The summed E-state index contributed by atoms with van der Waals surface area (Å²) >= 11 is 4.61. The summed E-state index contributed by atoms with van der Waals surface area (Å²) in [5.41, 5.74) is 0.360. The molecule has 0 aliphatic rings. The maximum atomic E-state index is 11.4. The highest BCUT2D eigenvalue weighted by Crippen LogP contribution is 2.04. The van der Waals surface area contributed by atoms with Gasteiger partial charge in [-0.15, -0.1) is 0 Å². The Morgan fingerprint density at radius 3 is 2.50 bits per heavy atom. The molecule has 1 atom stereocenters. The van der Waals surface area contributed by atoms with Crippen LogP contribution >= 0.6 is 0 Å². The zero-order valence-electron chi connectivity index (χ0n) is 7.64. The molecule has 0 amide bonds. The highest BCUT2D eigenvalue weighted by Gasteiger charge is 2.12. The number of carbonyl (C=O) groups is 1. The van der Waals surface area contributed by atoms with E-state index < -0.39 is 14.7 Å². The molecule has 5 heteroatoms. The molecule has 0 aliphatic carbocycles. The normalized spacial score (nSPS) is 14.4. The number of benzene rings is 1. The third kappa shape index (κ3) is 3.08. The summed E-state index contributed by atoms with van der Waals surface area (Å²) in [5.74, 6) is -0.478. The molecule has 1 rings (SSSR count). The van der Waals surface area contributed by atoms with Crippen molar-refractivity contribution in [3.8, 4) is 0 Å². The molecule has 0 fully saturated rings. The first-order valence-electron chi connectivity index (χ1n) is 4.06. The van der Waals surface area contributed by atoms with Gasteiger partial charge in [0.2, 0.25) is 0 Å². The van der Waals surface area contributed by atoms with E-state index in [1.165, 1.54) is 0 Å². The van der Waals surface area contributed by atoms with Gasteiger partial charge in [-0.3, -0.25) is 0 Å². The Kier molecular flexibility index (Phi) is 3.60. The quantitative estimate of drug-likeness (QED) is 0.789. The van der Waals surface area contributed by atoms with Crippen LogP contribution in [0.5, 0.6) is 0 Å². The number of carbonyl (C=O) groups excluding carboxylic acids is 1. The second-order valence-electron chi connectivity index (χ2n) is 2.58. The van der Waals surface area contributed by atoms with Gasteiger partial charge < -0.3 is 4.18 Å². The van der Waals surface area contributed by atoms with Crippen molar-refractivity contribution in [2.45, 2.75) is 6.92 Å². The first kappa shape index (κ1) is 11.1. The zero-order valence-corrected chi connectivity index (χ0v) is 9.27. The fourth-order valence-electron chi connectivity index (χ4n) is 0.797. The van der Waals surface area contributed by atoms with Crippen molar-refractivity contribution in [1.29, 1.82) is 0 Å². The minimum atomic E-state index is -2.88. The molecule has 1 aromatic carbocycles. The fourth-order valence-corrected chi connectivity index (χ4v) is 1.43. The smallest absolute Gasteiger partial charge is 0.352 e. The monoisotopic (exact) mass is 230 g/mol. The Balaban J connectivity index is 2.79. The van der Waals surface area contributed by atoms with Gasteiger partial charge in [0.05, 0.1) is 11.3 Å². The molecule has 14 heavy (non-hydrogen) atoms. The Hall–Kier alpha value is -0.940. The van der Waals surface area contributed by atoms with Crippen molar-refractivity contribution >= 4 is 25.9 Å². The van der Waals surface area contributed by atoms with Crippen LogP contribution in [-0.4, -0.2) is 15.9 Å². The molecule has 76 valence electrons. The van der Waals surface area contributed by atoms with E-state index in [9.17, 15) is 9.00 Å². The molecular weight excluding hydrogens is 220 g/mol. The van der Waals surface area contributed by atoms with Crippen LogP contribution in [0.25, 0.3) is 0 Å². The topological polar surface area (TPSA) is 43.4 Å². The van der Waals surface area contributed by atoms with Gasteiger partial charge >= 0.3 is 5.97 Å². The van der Waals surface area contributed by atoms with Gasteiger partial charge in [-0.2, -0.15) is 0 Å². The van der Waals surface area contributed by atoms with Crippen LogP contribution in [0.4, 0.5) is 0 Å². The van der Waals surface area contributed by atoms with Crippen molar-refractivity contribution in [2.24, 2.45) is 0 Å². The summed E-state index contributed by atoms with van der Waals surface area (Å²) in [5, 5.41) is 0. The van der Waals surface area contributed by atoms with Crippen molar-refractivity contribution < 1.29 is 13.2 Å². The van der Waals surface area contributed by atoms with Crippen LogP contribution in [0.1, 0.15) is 17.3 Å². The van der Waals surface area contributed by atoms with E-state index >= 15 is 0 Å². The average Bonchev–Trinajstić information content (AvgIpc) is 2.19. The van der Waals surface area contributed by atoms with Gasteiger partial charge in [0, 0.05) is 11.2 Å². The fraction of sp³-hybridized carbons (Fsp3) is 0.222. The van der Waals surface area contributed by atoms with E-state index in [0.717, 1.165) is 0 Å². The van der Waals surface area contributed by atoms with Crippen LogP contribution in [0.15, 0.2) is 30.3 Å². The van der Waals surface area contributed by atoms with E-state index in [0.29, 0.717) is 5.56 Å². The number of rotatable bonds is 3. The SMILES string of the molecule is CCS(=O)(=S)OC(=O)c1ccccc1. The molecular formula is C9H10O3S2. The van der Waals surface area contributed by atoms with E-state index in [4.69, 9.17) is 0 Å². The summed E-state index contributed by atoms with van der Waals surface area (Å²) in [6, 6.07) is 8.36. The molecule has 3 nitrogen and oxygen atoms in total. The molecule has 1 unspecified atom stereocenters. The van der Waals surface area contributed by atoms with Crippen LogP contribution < -0.4 is 0 Å². The van der Waals surface area contributed by atoms with E-state index in [2.05, 4.69) is 15.4 Å². The molecule has 0 saturated carbocycles. The second-order valence-corrected chi connectivity index (χ2v) is 5.97. The predicted molar refractivity (Wildman–Crippen MR) is 57.9 cm³/mol. The number of hydrogen-bond acceptors (Lipinski definition) is 4. The maximum Gasteiger partial charge on any atom is 0.352 e. The Morgan fingerprint density at radius 2 is 2.00 bits per heavy atom. The first-order valence-corrected chi connectivity index (χ1v) is 6.64. The third-order valence-corrected chi connectivity index (χ3v) is 3.59. The molecule has 1 aromatic rings. The highest BCUT2D eigenvalue weighted by atomic mass is 32.8. The Labute approximate surface area is 88.0 Å². The van der Waals surface area contributed by atoms with Crippen LogP contribution in [0.2, 0.25) is 0 Å². The number of hydrogen-bond donors (Lipinski definition) is 0. The highest BCUT2D eigenvalue weighted by molar-refractivity contribution is 8.30. The lowest BCUT2D eigenvalue weighted by molar-refractivity contribution is 0.0757. The lowest BCUT2D eigenvalue weighted by Crippen LogP contribution is -2.13. The minimum absolute atomic E-state index is 0.154. The lowest BCUT2D eigenvalue weighted by atomic mass is 10.2. The van der Waals surface area contributed by atoms with Crippen molar-refractivity contribution in [2.75, 3.05) is 5.75 Å². The molecule has 0 saturated heterocycles. The van der Waals surface area contributed by atoms with Gasteiger partial charge in [-0.1, -0.05) is 25.1 Å². The summed E-state index contributed by atoms with van der Waals surface area (Å²) in [6.07, 6.45) is 0.